The maximum absolute atomic E-state index is 11.3. The van der Waals surface area contributed by atoms with Crippen molar-refractivity contribution in [2.45, 2.75) is 38.3 Å². The van der Waals surface area contributed by atoms with Crippen LogP contribution in [0.5, 0.6) is 5.75 Å². The SMILES string of the molecule is NC1CCC(CNc2nc(NCc3cccc(O)c3)ncc2[N+](=O)[O-])CC1. The van der Waals surface area contributed by atoms with Crippen LogP contribution in [0.3, 0.4) is 0 Å². The Balaban J connectivity index is 1.65. The Morgan fingerprint density at radius 3 is 2.74 bits per heavy atom. The molecule has 0 saturated heterocycles. The van der Waals surface area contributed by atoms with Crippen LogP contribution >= 0.6 is 0 Å². The molecule has 1 fully saturated rings. The maximum atomic E-state index is 11.3. The zero-order valence-corrected chi connectivity index (χ0v) is 15.0. The van der Waals surface area contributed by atoms with Crippen LogP contribution in [0.2, 0.25) is 0 Å². The first kappa shape index (κ1) is 18.8. The van der Waals surface area contributed by atoms with Crippen LogP contribution in [0.25, 0.3) is 0 Å². The number of nitrogens with zero attached hydrogens (tertiary/aromatic N) is 3. The minimum Gasteiger partial charge on any atom is -0.508 e. The molecule has 9 heteroatoms. The second-order valence-electron chi connectivity index (χ2n) is 6.87. The number of phenolic OH excluding ortho intramolecular Hbond substituents is 1. The van der Waals surface area contributed by atoms with Gasteiger partial charge in [-0.2, -0.15) is 4.98 Å². The number of anilines is 2. The van der Waals surface area contributed by atoms with Gasteiger partial charge in [-0.05, 0) is 49.3 Å². The zero-order valence-electron chi connectivity index (χ0n) is 15.0. The Morgan fingerprint density at radius 1 is 1.26 bits per heavy atom. The number of nitrogens with two attached hydrogens (primary N) is 1. The predicted molar refractivity (Wildman–Crippen MR) is 103 cm³/mol. The summed E-state index contributed by atoms with van der Waals surface area (Å²) in [5.41, 5.74) is 6.63. The first-order chi connectivity index (χ1) is 13.0. The number of nitrogens with one attached hydrogen (secondary N) is 2. The molecule has 0 spiro atoms. The van der Waals surface area contributed by atoms with E-state index in [4.69, 9.17) is 5.73 Å². The Labute approximate surface area is 157 Å². The molecule has 0 aliphatic heterocycles. The predicted octanol–water partition coefficient (Wildman–Crippen LogP) is 2.63. The number of hydrogen-bond acceptors (Lipinski definition) is 8. The molecule has 144 valence electrons. The standard InChI is InChI=1S/C18H24N6O3/c19-14-6-4-12(5-7-14)9-20-17-16(24(26)27)11-22-18(23-17)21-10-13-2-1-3-15(25)8-13/h1-3,8,11-12,14,25H,4-7,9-10,19H2,(H2,20,21,22,23). The molecule has 5 N–H and O–H groups in total. The summed E-state index contributed by atoms with van der Waals surface area (Å²) >= 11 is 0. The van der Waals surface area contributed by atoms with Crippen molar-refractivity contribution >= 4 is 17.5 Å². The molecule has 0 bridgehead atoms. The van der Waals surface area contributed by atoms with E-state index >= 15 is 0 Å². The summed E-state index contributed by atoms with van der Waals surface area (Å²) in [6.45, 7) is 1.02. The van der Waals surface area contributed by atoms with E-state index in [2.05, 4.69) is 20.6 Å². The molecular weight excluding hydrogens is 348 g/mol. The number of benzene rings is 1. The van der Waals surface area contributed by atoms with Gasteiger partial charge in [-0.25, -0.2) is 4.98 Å². The van der Waals surface area contributed by atoms with E-state index in [0.717, 1.165) is 31.2 Å². The number of nitro groups is 1. The lowest BCUT2D eigenvalue weighted by Crippen LogP contribution is -2.29. The van der Waals surface area contributed by atoms with E-state index in [-0.39, 0.29) is 29.2 Å². The minimum atomic E-state index is -0.488. The van der Waals surface area contributed by atoms with E-state index in [0.29, 0.717) is 19.0 Å². The molecule has 0 radical (unpaired) electrons. The van der Waals surface area contributed by atoms with E-state index in [1.54, 1.807) is 18.2 Å². The van der Waals surface area contributed by atoms with Crippen molar-refractivity contribution in [2.24, 2.45) is 11.7 Å². The van der Waals surface area contributed by atoms with E-state index in [1.807, 2.05) is 6.07 Å². The van der Waals surface area contributed by atoms with Crippen LogP contribution in [0.4, 0.5) is 17.5 Å². The first-order valence-corrected chi connectivity index (χ1v) is 9.04. The number of hydrogen-bond donors (Lipinski definition) is 4. The van der Waals surface area contributed by atoms with Crippen molar-refractivity contribution in [2.75, 3.05) is 17.2 Å². The molecule has 1 saturated carbocycles. The van der Waals surface area contributed by atoms with Crippen LogP contribution in [-0.2, 0) is 6.54 Å². The quantitative estimate of drug-likeness (QED) is 0.429. The molecule has 0 unspecified atom stereocenters. The number of aromatic nitrogens is 2. The summed E-state index contributed by atoms with van der Waals surface area (Å²) in [7, 11) is 0. The summed E-state index contributed by atoms with van der Waals surface area (Å²) in [6.07, 6.45) is 5.19. The molecule has 9 nitrogen and oxygen atoms in total. The smallest absolute Gasteiger partial charge is 0.329 e. The Hall–Kier alpha value is -2.94. The van der Waals surface area contributed by atoms with Crippen molar-refractivity contribution in [3.05, 3.63) is 46.1 Å². The van der Waals surface area contributed by atoms with Gasteiger partial charge in [-0.15, -0.1) is 0 Å². The number of rotatable bonds is 7. The minimum absolute atomic E-state index is 0.148. The fourth-order valence-electron chi connectivity index (χ4n) is 3.21. The van der Waals surface area contributed by atoms with Gasteiger partial charge in [0.2, 0.25) is 11.8 Å². The average Bonchev–Trinajstić information content (AvgIpc) is 2.66. The molecule has 0 atom stereocenters. The van der Waals surface area contributed by atoms with E-state index in [1.165, 1.54) is 6.20 Å². The third-order valence-electron chi connectivity index (χ3n) is 4.78. The van der Waals surface area contributed by atoms with Crippen LogP contribution < -0.4 is 16.4 Å². The highest BCUT2D eigenvalue weighted by Crippen LogP contribution is 2.26. The second kappa shape index (κ2) is 8.63. The first-order valence-electron chi connectivity index (χ1n) is 9.04. The van der Waals surface area contributed by atoms with Gasteiger partial charge in [-0.1, -0.05) is 12.1 Å². The Morgan fingerprint density at radius 2 is 2.04 bits per heavy atom. The zero-order chi connectivity index (χ0) is 19.2. The summed E-state index contributed by atoms with van der Waals surface area (Å²) in [4.78, 5) is 19.1. The average molecular weight is 372 g/mol. The van der Waals surface area contributed by atoms with Crippen LogP contribution in [-0.4, -0.2) is 32.6 Å². The van der Waals surface area contributed by atoms with Crippen molar-refractivity contribution in [1.82, 2.24) is 9.97 Å². The Kier molecular flexibility index (Phi) is 6.02. The van der Waals surface area contributed by atoms with Gasteiger partial charge < -0.3 is 21.5 Å². The molecule has 1 aromatic heterocycles. The third-order valence-corrected chi connectivity index (χ3v) is 4.78. The lowest BCUT2D eigenvalue weighted by Gasteiger charge is -2.26. The molecule has 1 aromatic carbocycles. The molecule has 27 heavy (non-hydrogen) atoms. The monoisotopic (exact) mass is 372 g/mol. The molecule has 1 aliphatic rings. The van der Waals surface area contributed by atoms with Crippen LogP contribution in [0.15, 0.2) is 30.5 Å². The maximum Gasteiger partial charge on any atom is 0.329 e. The lowest BCUT2D eigenvalue weighted by atomic mass is 9.86. The van der Waals surface area contributed by atoms with Crippen molar-refractivity contribution in [3.8, 4) is 5.75 Å². The molecule has 1 heterocycles. The van der Waals surface area contributed by atoms with Crippen molar-refractivity contribution in [1.29, 1.82) is 0 Å². The molecule has 2 aromatic rings. The van der Waals surface area contributed by atoms with Gasteiger partial charge in [0.25, 0.3) is 0 Å². The Bertz CT molecular complexity index is 792. The highest BCUT2D eigenvalue weighted by Gasteiger charge is 2.21. The van der Waals surface area contributed by atoms with Crippen LogP contribution in [0, 0.1) is 16.0 Å². The molecule has 1 aliphatic carbocycles. The highest BCUT2D eigenvalue weighted by atomic mass is 16.6. The molecule has 0 amide bonds. The normalized spacial score (nSPS) is 19.4. The van der Waals surface area contributed by atoms with Crippen molar-refractivity contribution in [3.63, 3.8) is 0 Å². The topological polar surface area (TPSA) is 139 Å². The molecule has 3 rings (SSSR count). The van der Waals surface area contributed by atoms with Gasteiger partial charge >= 0.3 is 5.69 Å². The van der Waals surface area contributed by atoms with E-state index in [9.17, 15) is 15.2 Å². The van der Waals surface area contributed by atoms with E-state index < -0.39 is 4.92 Å². The lowest BCUT2D eigenvalue weighted by molar-refractivity contribution is -0.384. The summed E-state index contributed by atoms with van der Waals surface area (Å²) in [5.74, 6) is 1.11. The second-order valence-corrected chi connectivity index (χ2v) is 6.87. The van der Waals surface area contributed by atoms with Gasteiger partial charge in [0.1, 0.15) is 11.9 Å². The van der Waals surface area contributed by atoms with Gasteiger partial charge in [0.05, 0.1) is 4.92 Å². The van der Waals surface area contributed by atoms with Gasteiger partial charge in [0, 0.05) is 19.1 Å². The summed E-state index contributed by atoms with van der Waals surface area (Å²) < 4.78 is 0. The number of aromatic hydroxyl groups is 1. The van der Waals surface area contributed by atoms with Gasteiger partial charge in [-0.3, -0.25) is 10.1 Å². The fraction of sp³-hybridized carbons (Fsp3) is 0.444. The van der Waals surface area contributed by atoms with Crippen molar-refractivity contribution < 1.29 is 10.0 Å². The summed E-state index contributed by atoms with van der Waals surface area (Å²) in [5, 5.41) is 26.9. The highest BCUT2D eigenvalue weighted by molar-refractivity contribution is 5.57. The van der Waals surface area contributed by atoms with Gasteiger partial charge in [0.15, 0.2) is 0 Å². The fourth-order valence-corrected chi connectivity index (χ4v) is 3.21. The summed E-state index contributed by atoms with van der Waals surface area (Å²) in [6, 6.07) is 7.08. The number of phenols is 1. The van der Waals surface area contributed by atoms with Crippen LogP contribution in [0.1, 0.15) is 31.2 Å². The third kappa shape index (κ3) is 5.27. The molecular formula is C18H24N6O3. The largest absolute Gasteiger partial charge is 0.508 e.